The Hall–Kier alpha value is -0.736. The van der Waals surface area contributed by atoms with Crippen molar-refractivity contribution >= 4 is 45.2 Å². The van der Waals surface area contributed by atoms with Crippen LogP contribution in [0.2, 0.25) is 36.3 Å². The minimum absolute atomic E-state index is 0.784. The van der Waals surface area contributed by atoms with Crippen molar-refractivity contribution in [1.82, 2.24) is 0 Å². The molecule has 4 heteroatoms. The normalized spacial score (nSPS) is 12.5. The minimum Gasteiger partial charge on any atom is -0.302 e. The zero-order chi connectivity index (χ0) is 25.0. The monoisotopic (exact) mass is 513 g/mol. The molecular weight excluding hydrogens is 461 g/mol. The summed E-state index contributed by atoms with van der Waals surface area (Å²) in [6.07, 6.45) is 7.85. The average Bonchev–Trinajstić information content (AvgIpc) is 2.84. The summed E-state index contributed by atoms with van der Waals surface area (Å²) in [4.78, 5) is 0. The van der Waals surface area contributed by atoms with Crippen molar-refractivity contribution in [2.24, 2.45) is 5.50 Å². The van der Waals surface area contributed by atoms with Crippen LogP contribution in [0.5, 0.6) is 0 Å². The van der Waals surface area contributed by atoms with Crippen molar-refractivity contribution in [2.45, 2.75) is 116 Å². The maximum Gasteiger partial charge on any atom is 0.0866 e. The number of rotatable bonds is 16. The molecule has 0 amide bonds. The minimum atomic E-state index is -1.39. The highest BCUT2D eigenvalue weighted by Gasteiger charge is 2.33. The van der Waals surface area contributed by atoms with Gasteiger partial charge in [0.1, 0.15) is 0 Å². The van der Waals surface area contributed by atoms with Crippen LogP contribution in [0.25, 0.3) is 0 Å². The summed E-state index contributed by atoms with van der Waals surface area (Å²) in [5.41, 5.74) is 6.87. The number of nitrogens with two attached hydrogens (primary N) is 1. The highest BCUT2D eigenvalue weighted by molar-refractivity contribution is 7.70. The third-order valence-electron chi connectivity index (χ3n) is 7.89. The lowest BCUT2D eigenvalue weighted by Crippen LogP contribution is -2.47. The van der Waals surface area contributed by atoms with E-state index in [4.69, 9.17) is 5.50 Å². The Morgan fingerprint density at radius 2 is 0.706 bits per heavy atom. The summed E-state index contributed by atoms with van der Waals surface area (Å²) in [7, 11) is -3.56. The van der Waals surface area contributed by atoms with Crippen LogP contribution in [-0.4, -0.2) is 16.1 Å². The van der Waals surface area contributed by atoms with Crippen LogP contribution in [0.3, 0.4) is 0 Å². The second-order valence-electron chi connectivity index (χ2n) is 10.5. The highest BCUT2D eigenvalue weighted by atomic mass is 31.1. The summed E-state index contributed by atoms with van der Waals surface area (Å²) in [6, 6.07) is 27.8. The fourth-order valence-corrected chi connectivity index (χ4v) is 18.5. The van der Waals surface area contributed by atoms with Crippen molar-refractivity contribution in [2.75, 3.05) is 0 Å². The van der Waals surface area contributed by atoms with Crippen molar-refractivity contribution in [3.05, 3.63) is 48.5 Å². The van der Waals surface area contributed by atoms with Gasteiger partial charge < -0.3 is 5.50 Å². The molecular formula is C30H52NPSi2. The molecule has 190 valence electrons. The van der Waals surface area contributed by atoms with Crippen LogP contribution in [0.15, 0.2) is 48.5 Å². The maximum absolute atomic E-state index is 6.87. The van der Waals surface area contributed by atoms with Crippen molar-refractivity contribution in [3.8, 4) is 0 Å². The van der Waals surface area contributed by atoms with Crippen LogP contribution in [0, 0.1) is 0 Å². The van der Waals surface area contributed by atoms with Crippen molar-refractivity contribution in [3.63, 3.8) is 0 Å². The molecule has 0 unspecified atom stereocenters. The standard InChI is InChI=1S/C30H52NPSi2/c1-7-21-33(22-8-2,23-9-3)29-17-13-27(14-18-29)32(31)28-15-19-30(20-16-28)34(24-10-4,25-11-5)26-12-6/h13-20H,7-12,21-26,31H2,1-6H3. The van der Waals surface area contributed by atoms with Gasteiger partial charge in [0.2, 0.25) is 0 Å². The molecule has 1 nitrogen and oxygen atoms in total. The van der Waals surface area contributed by atoms with Crippen LogP contribution in [0.4, 0.5) is 0 Å². The van der Waals surface area contributed by atoms with Gasteiger partial charge in [-0.1, -0.05) is 175 Å². The third kappa shape index (κ3) is 7.15. The maximum atomic E-state index is 6.87. The van der Waals surface area contributed by atoms with Gasteiger partial charge in [0.05, 0.1) is 16.1 Å². The quantitative estimate of drug-likeness (QED) is 0.180. The molecule has 2 N–H and O–H groups in total. The largest absolute Gasteiger partial charge is 0.302 e. The molecule has 0 bridgehead atoms. The van der Waals surface area contributed by atoms with Crippen LogP contribution in [0.1, 0.15) is 80.1 Å². The van der Waals surface area contributed by atoms with E-state index in [0.29, 0.717) is 0 Å². The molecule has 0 atom stereocenters. The Morgan fingerprint density at radius 3 is 0.912 bits per heavy atom. The van der Waals surface area contributed by atoms with Crippen molar-refractivity contribution in [1.29, 1.82) is 0 Å². The molecule has 0 aliphatic rings. The molecule has 2 aromatic carbocycles. The van der Waals surface area contributed by atoms with Gasteiger partial charge in [0, 0.05) is 8.07 Å². The lowest BCUT2D eigenvalue weighted by Gasteiger charge is -2.32. The van der Waals surface area contributed by atoms with E-state index in [0.717, 1.165) is 0 Å². The summed E-state index contributed by atoms with van der Waals surface area (Å²) >= 11 is 0. The Kier molecular flexibility index (Phi) is 12.8. The number of hydrogen-bond acceptors (Lipinski definition) is 1. The van der Waals surface area contributed by atoms with Gasteiger partial charge in [0.15, 0.2) is 0 Å². The molecule has 0 saturated carbocycles. The molecule has 0 spiro atoms. The SMILES string of the molecule is CCC[Si](CCC)(CCC)c1ccc(P(N)c2ccc([Si](CCC)(CCC)CCC)cc2)cc1. The molecule has 0 radical (unpaired) electrons. The third-order valence-corrected chi connectivity index (χ3v) is 21.5. The molecule has 0 saturated heterocycles. The first-order valence-electron chi connectivity index (χ1n) is 14.2. The van der Waals surface area contributed by atoms with Crippen molar-refractivity contribution < 1.29 is 0 Å². The highest BCUT2D eigenvalue weighted by Crippen LogP contribution is 2.29. The van der Waals surface area contributed by atoms with Gasteiger partial charge in [-0.15, -0.1) is 0 Å². The molecule has 0 aromatic heterocycles. The fraction of sp³-hybridized carbons (Fsp3) is 0.600. The molecule has 0 fully saturated rings. The molecule has 2 rings (SSSR count). The molecule has 34 heavy (non-hydrogen) atoms. The zero-order valence-electron chi connectivity index (χ0n) is 23.1. The Morgan fingerprint density at radius 1 is 0.471 bits per heavy atom. The predicted octanol–water partition coefficient (Wildman–Crippen LogP) is 7.76. The van der Waals surface area contributed by atoms with Crippen LogP contribution in [-0.2, 0) is 0 Å². The zero-order valence-corrected chi connectivity index (χ0v) is 26.0. The van der Waals surface area contributed by atoms with E-state index in [1.165, 1.54) is 85.4 Å². The lowest BCUT2D eigenvalue weighted by molar-refractivity contribution is 0.937. The fourth-order valence-electron chi connectivity index (χ4n) is 6.59. The summed E-state index contributed by atoms with van der Waals surface area (Å²) in [5, 5.41) is 5.96. The predicted molar refractivity (Wildman–Crippen MR) is 165 cm³/mol. The summed E-state index contributed by atoms with van der Waals surface area (Å²) in [6.45, 7) is 14.2. The van der Waals surface area contributed by atoms with E-state index in [-0.39, 0.29) is 0 Å². The number of benzene rings is 2. The second kappa shape index (κ2) is 14.7. The first-order valence-corrected chi connectivity index (χ1v) is 20.9. The summed E-state index contributed by atoms with van der Waals surface area (Å²) < 4.78 is 0. The Labute approximate surface area is 215 Å². The summed E-state index contributed by atoms with van der Waals surface area (Å²) in [5.74, 6) is 0. The van der Waals surface area contributed by atoms with Gasteiger partial charge in [-0.25, -0.2) is 0 Å². The van der Waals surface area contributed by atoms with E-state index in [2.05, 4.69) is 90.1 Å². The second-order valence-corrected chi connectivity index (χ2v) is 21.6. The van der Waals surface area contributed by atoms with Crippen LogP contribution >= 0.6 is 8.07 Å². The smallest absolute Gasteiger partial charge is 0.0866 e. The van der Waals surface area contributed by atoms with Crippen LogP contribution < -0.4 is 26.5 Å². The van der Waals surface area contributed by atoms with E-state index in [1.807, 2.05) is 0 Å². The van der Waals surface area contributed by atoms with E-state index in [1.54, 1.807) is 10.4 Å². The van der Waals surface area contributed by atoms with Gasteiger partial charge in [-0.2, -0.15) is 0 Å². The van der Waals surface area contributed by atoms with Gasteiger partial charge in [-0.05, 0) is 10.6 Å². The topological polar surface area (TPSA) is 26.0 Å². The Balaban J connectivity index is 2.29. The molecule has 2 aromatic rings. The van der Waals surface area contributed by atoms with E-state index >= 15 is 0 Å². The molecule has 0 aliphatic carbocycles. The first kappa shape index (κ1) is 29.5. The first-order chi connectivity index (χ1) is 16.5. The van der Waals surface area contributed by atoms with Gasteiger partial charge in [-0.3, -0.25) is 0 Å². The van der Waals surface area contributed by atoms with E-state index in [9.17, 15) is 0 Å². The average molecular weight is 514 g/mol. The van der Waals surface area contributed by atoms with E-state index < -0.39 is 24.2 Å². The number of hydrogen-bond donors (Lipinski definition) is 1. The Bertz CT molecular complexity index is 715. The lowest BCUT2D eigenvalue weighted by atomic mass is 10.3. The van der Waals surface area contributed by atoms with Gasteiger partial charge in [0.25, 0.3) is 0 Å². The molecule has 0 heterocycles. The molecule has 0 aliphatic heterocycles. The van der Waals surface area contributed by atoms with Gasteiger partial charge >= 0.3 is 0 Å².